The monoisotopic (exact) mass is 266 g/mol. The predicted octanol–water partition coefficient (Wildman–Crippen LogP) is 1.77. The largest absolute Gasteiger partial charge is 0.496 e. The van der Waals surface area contributed by atoms with Crippen molar-refractivity contribution in [2.24, 2.45) is 0 Å². The summed E-state index contributed by atoms with van der Waals surface area (Å²) in [5, 5.41) is 0. The first-order valence-electron chi connectivity index (χ1n) is 6.27. The zero-order valence-electron chi connectivity index (χ0n) is 12.0. The highest BCUT2D eigenvalue weighted by Gasteiger charge is 2.19. The van der Waals surface area contributed by atoms with Crippen LogP contribution < -0.4 is 10.5 Å². The molecule has 0 spiro atoms. The summed E-state index contributed by atoms with van der Waals surface area (Å²) in [5.74, 6) is 0.323. The number of carbonyl (C=O) groups excluding carboxylic acids is 1. The minimum absolute atomic E-state index is 0.153. The summed E-state index contributed by atoms with van der Waals surface area (Å²) >= 11 is 0. The molecule has 0 aromatic heterocycles. The number of likely N-dealkylation sites (N-methyl/N-ethyl adjacent to an activating group) is 1. The molecular weight excluding hydrogens is 244 g/mol. The molecule has 5 heteroatoms. The molecule has 1 rings (SSSR count). The Kier molecular flexibility index (Phi) is 5.63. The van der Waals surface area contributed by atoms with E-state index in [0.29, 0.717) is 30.2 Å². The van der Waals surface area contributed by atoms with Gasteiger partial charge < -0.3 is 20.1 Å². The number of nitrogen functional groups attached to an aromatic ring is 1. The number of hydrogen-bond donors (Lipinski definition) is 1. The Bertz CT molecular complexity index is 433. The third-order valence-electron chi connectivity index (χ3n) is 2.72. The lowest BCUT2D eigenvalue weighted by Crippen LogP contribution is -2.31. The van der Waals surface area contributed by atoms with Gasteiger partial charge in [-0.2, -0.15) is 0 Å². The standard InChI is InChI=1S/C14H22N2O3/c1-10(2)19-9-8-16(3)14(17)13-11(15)6-5-7-12(13)18-4/h5-7,10H,8-9,15H2,1-4H3. The van der Waals surface area contributed by atoms with Crippen LogP contribution in [0, 0.1) is 0 Å². The fraction of sp³-hybridized carbons (Fsp3) is 0.500. The van der Waals surface area contributed by atoms with Gasteiger partial charge in [0.2, 0.25) is 0 Å². The first kappa shape index (κ1) is 15.3. The number of nitrogens with two attached hydrogens (primary N) is 1. The number of nitrogens with zero attached hydrogens (tertiary/aromatic N) is 1. The molecule has 0 aliphatic rings. The molecule has 2 N–H and O–H groups in total. The zero-order chi connectivity index (χ0) is 14.4. The van der Waals surface area contributed by atoms with Gasteiger partial charge in [-0.25, -0.2) is 0 Å². The molecule has 0 saturated carbocycles. The Morgan fingerprint density at radius 2 is 2.11 bits per heavy atom. The Balaban J connectivity index is 2.77. The van der Waals surface area contributed by atoms with Crippen LogP contribution in [0.5, 0.6) is 5.75 Å². The zero-order valence-corrected chi connectivity index (χ0v) is 12.0. The van der Waals surface area contributed by atoms with Crippen molar-refractivity contribution in [1.29, 1.82) is 0 Å². The van der Waals surface area contributed by atoms with Crippen molar-refractivity contribution in [3.63, 3.8) is 0 Å². The third kappa shape index (κ3) is 4.13. The van der Waals surface area contributed by atoms with E-state index in [1.165, 1.54) is 7.11 Å². The smallest absolute Gasteiger partial charge is 0.259 e. The minimum atomic E-state index is -0.165. The molecule has 0 heterocycles. The van der Waals surface area contributed by atoms with E-state index < -0.39 is 0 Å². The van der Waals surface area contributed by atoms with Gasteiger partial charge in [0.15, 0.2) is 0 Å². The molecule has 5 nitrogen and oxygen atoms in total. The second-order valence-corrected chi connectivity index (χ2v) is 4.57. The Morgan fingerprint density at radius 3 is 2.68 bits per heavy atom. The van der Waals surface area contributed by atoms with E-state index >= 15 is 0 Å². The van der Waals surface area contributed by atoms with E-state index in [1.54, 1.807) is 30.1 Å². The van der Waals surface area contributed by atoms with E-state index in [9.17, 15) is 4.79 Å². The van der Waals surface area contributed by atoms with Crippen molar-refractivity contribution in [2.75, 3.05) is 33.0 Å². The maximum absolute atomic E-state index is 12.3. The number of amides is 1. The van der Waals surface area contributed by atoms with Gasteiger partial charge in [-0.3, -0.25) is 4.79 Å². The Hall–Kier alpha value is -1.75. The maximum Gasteiger partial charge on any atom is 0.259 e. The van der Waals surface area contributed by atoms with E-state index in [4.69, 9.17) is 15.2 Å². The molecule has 1 aromatic carbocycles. The summed E-state index contributed by atoms with van der Waals surface area (Å²) in [6, 6.07) is 5.17. The van der Waals surface area contributed by atoms with Crippen molar-refractivity contribution >= 4 is 11.6 Å². The van der Waals surface area contributed by atoms with Gasteiger partial charge in [0.05, 0.1) is 19.8 Å². The van der Waals surface area contributed by atoms with Gasteiger partial charge in [-0.15, -0.1) is 0 Å². The average molecular weight is 266 g/mol. The first-order chi connectivity index (χ1) is 8.97. The number of anilines is 1. The summed E-state index contributed by atoms with van der Waals surface area (Å²) in [6.45, 7) is 4.92. The summed E-state index contributed by atoms with van der Waals surface area (Å²) in [5.41, 5.74) is 6.67. The van der Waals surface area contributed by atoms with Crippen LogP contribution in [0.1, 0.15) is 24.2 Å². The molecule has 0 fully saturated rings. The summed E-state index contributed by atoms with van der Waals surface area (Å²) in [7, 11) is 3.24. The van der Waals surface area contributed by atoms with Crippen LogP contribution in [0.2, 0.25) is 0 Å². The highest BCUT2D eigenvalue weighted by atomic mass is 16.5. The van der Waals surface area contributed by atoms with E-state index in [0.717, 1.165) is 0 Å². The second-order valence-electron chi connectivity index (χ2n) is 4.57. The number of rotatable bonds is 6. The number of benzene rings is 1. The van der Waals surface area contributed by atoms with Crippen LogP contribution in [-0.2, 0) is 4.74 Å². The highest BCUT2D eigenvalue weighted by Crippen LogP contribution is 2.25. The molecule has 0 unspecified atom stereocenters. The van der Waals surface area contributed by atoms with Gasteiger partial charge in [0, 0.05) is 19.3 Å². The quantitative estimate of drug-likeness (QED) is 0.797. The van der Waals surface area contributed by atoms with E-state index in [1.807, 2.05) is 13.8 Å². The van der Waals surface area contributed by atoms with Crippen LogP contribution in [0.3, 0.4) is 0 Å². The van der Waals surface area contributed by atoms with Crippen molar-refractivity contribution in [3.05, 3.63) is 23.8 Å². The molecular formula is C14H22N2O3. The highest BCUT2D eigenvalue weighted by molar-refractivity contribution is 6.01. The van der Waals surface area contributed by atoms with Gasteiger partial charge in [0.1, 0.15) is 11.3 Å². The van der Waals surface area contributed by atoms with Gasteiger partial charge in [-0.1, -0.05) is 6.07 Å². The molecule has 19 heavy (non-hydrogen) atoms. The van der Waals surface area contributed by atoms with Gasteiger partial charge in [-0.05, 0) is 26.0 Å². The lowest BCUT2D eigenvalue weighted by atomic mass is 10.1. The normalized spacial score (nSPS) is 10.6. The summed E-state index contributed by atoms with van der Waals surface area (Å²) < 4.78 is 10.6. The number of methoxy groups -OCH3 is 1. The van der Waals surface area contributed by atoms with Crippen LogP contribution in [-0.4, -0.2) is 44.2 Å². The molecule has 0 saturated heterocycles. The summed E-state index contributed by atoms with van der Waals surface area (Å²) in [4.78, 5) is 13.9. The fourth-order valence-electron chi connectivity index (χ4n) is 1.66. The van der Waals surface area contributed by atoms with Gasteiger partial charge >= 0.3 is 0 Å². The predicted molar refractivity (Wildman–Crippen MR) is 75.5 cm³/mol. The van der Waals surface area contributed by atoms with Crippen LogP contribution in [0.15, 0.2) is 18.2 Å². The van der Waals surface area contributed by atoms with Crippen molar-refractivity contribution in [3.8, 4) is 5.75 Å². The van der Waals surface area contributed by atoms with E-state index in [2.05, 4.69) is 0 Å². The Morgan fingerprint density at radius 1 is 1.42 bits per heavy atom. The SMILES string of the molecule is COc1cccc(N)c1C(=O)N(C)CCOC(C)C. The lowest BCUT2D eigenvalue weighted by molar-refractivity contribution is 0.0531. The summed E-state index contributed by atoms with van der Waals surface area (Å²) in [6.07, 6.45) is 0.153. The van der Waals surface area contributed by atoms with E-state index in [-0.39, 0.29) is 12.0 Å². The van der Waals surface area contributed by atoms with Crippen LogP contribution in [0.4, 0.5) is 5.69 Å². The third-order valence-corrected chi connectivity index (χ3v) is 2.72. The lowest BCUT2D eigenvalue weighted by Gasteiger charge is -2.20. The number of ether oxygens (including phenoxy) is 2. The molecule has 0 bridgehead atoms. The average Bonchev–Trinajstić information content (AvgIpc) is 2.37. The van der Waals surface area contributed by atoms with Crippen molar-refractivity contribution in [1.82, 2.24) is 4.90 Å². The number of hydrogen-bond acceptors (Lipinski definition) is 4. The van der Waals surface area contributed by atoms with Crippen LogP contribution >= 0.6 is 0 Å². The molecule has 0 atom stereocenters. The molecule has 106 valence electrons. The van der Waals surface area contributed by atoms with Crippen molar-refractivity contribution in [2.45, 2.75) is 20.0 Å². The second kappa shape index (κ2) is 6.99. The first-order valence-corrected chi connectivity index (χ1v) is 6.27. The van der Waals surface area contributed by atoms with Gasteiger partial charge in [0.25, 0.3) is 5.91 Å². The van der Waals surface area contributed by atoms with Crippen LogP contribution in [0.25, 0.3) is 0 Å². The molecule has 0 radical (unpaired) electrons. The maximum atomic E-state index is 12.3. The van der Waals surface area contributed by atoms with Crippen molar-refractivity contribution < 1.29 is 14.3 Å². The topological polar surface area (TPSA) is 64.8 Å². The fourth-order valence-corrected chi connectivity index (χ4v) is 1.66. The molecule has 1 amide bonds. The minimum Gasteiger partial charge on any atom is -0.496 e. The Labute approximate surface area is 114 Å². The molecule has 1 aromatic rings. The molecule has 0 aliphatic carbocycles. The number of carbonyl (C=O) groups is 1. The molecule has 0 aliphatic heterocycles.